The number of rotatable bonds is 4. The SMILES string of the molecule is CCCc1n[nH]nc1C(=O)c1ccc(Cl)cc1. The van der Waals surface area contributed by atoms with Gasteiger partial charge in [-0.15, -0.1) is 0 Å². The summed E-state index contributed by atoms with van der Waals surface area (Å²) >= 11 is 5.78. The predicted octanol–water partition coefficient (Wildman–Crippen LogP) is 2.64. The Bertz CT molecular complexity index is 519. The summed E-state index contributed by atoms with van der Waals surface area (Å²) in [5, 5.41) is 11.0. The molecule has 0 bridgehead atoms. The molecule has 0 radical (unpaired) electrons. The van der Waals surface area contributed by atoms with Crippen molar-refractivity contribution in [2.45, 2.75) is 19.8 Å². The highest BCUT2D eigenvalue weighted by Crippen LogP contribution is 2.14. The number of carbonyl (C=O) groups is 1. The number of nitrogens with zero attached hydrogens (tertiary/aromatic N) is 2. The second-order valence-corrected chi connectivity index (χ2v) is 4.14. The third kappa shape index (κ3) is 2.53. The monoisotopic (exact) mass is 249 g/mol. The number of aromatic amines is 1. The Morgan fingerprint density at radius 3 is 2.65 bits per heavy atom. The second kappa shape index (κ2) is 5.10. The smallest absolute Gasteiger partial charge is 0.215 e. The first-order valence-corrected chi connectivity index (χ1v) is 5.80. The summed E-state index contributed by atoms with van der Waals surface area (Å²) in [5.41, 5.74) is 1.68. The van der Waals surface area contributed by atoms with E-state index in [1.807, 2.05) is 6.92 Å². The number of H-pyrrole nitrogens is 1. The fraction of sp³-hybridized carbons (Fsp3) is 0.250. The van der Waals surface area contributed by atoms with E-state index in [0.29, 0.717) is 22.0 Å². The van der Waals surface area contributed by atoms with Crippen molar-refractivity contribution in [2.75, 3.05) is 0 Å². The van der Waals surface area contributed by atoms with Crippen LogP contribution in [-0.4, -0.2) is 21.2 Å². The van der Waals surface area contributed by atoms with Crippen LogP contribution in [0.1, 0.15) is 35.1 Å². The van der Waals surface area contributed by atoms with Gasteiger partial charge in [0, 0.05) is 10.6 Å². The first-order chi connectivity index (χ1) is 8.22. The molecule has 1 aromatic carbocycles. The molecule has 0 spiro atoms. The van der Waals surface area contributed by atoms with Crippen molar-refractivity contribution in [2.24, 2.45) is 0 Å². The first-order valence-electron chi connectivity index (χ1n) is 5.42. The maximum absolute atomic E-state index is 12.1. The topological polar surface area (TPSA) is 58.6 Å². The molecule has 17 heavy (non-hydrogen) atoms. The van der Waals surface area contributed by atoms with Crippen LogP contribution in [0.3, 0.4) is 0 Å². The molecule has 0 saturated heterocycles. The summed E-state index contributed by atoms with van der Waals surface area (Å²) in [6.45, 7) is 2.03. The van der Waals surface area contributed by atoms with Crippen molar-refractivity contribution in [1.29, 1.82) is 0 Å². The fourth-order valence-electron chi connectivity index (χ4n) is 1.58. The summed E-state index contributed by atoms with van der Waals surface area (Å²) in [5.74, 6) is -0.126. The minimum atomic E-state index is -0.126. The van der Waals surface area contributed by atoms with Gasteiger partial charge in [-0.1, -0.05) is 24.9 Å². The quantitative estimate of drug-likeness (QED) is 0.848. The van der Waals surface area contributed by atoms with Gasteiger partial charge in [-0.05, 0) is 30.7 Å². The highest BCUT2D eigenvalue weighted by Gasteiger charge is 2.17. The van der Waals surface area contributed by atoms with Gasteiger partial charge in [0.1, 0.15) is 0 Å². The lowest BCUT2D eigenvalue weighted by Crippen LogP contribution is -2.05. The van der Waals surface area contributed by atoms with E-state index >= 15 is 0 Å². The van der Waals surface area contributed by atoms with Crippen LogP contribution in [0.5, 0.6) is 0 Å². The van der Waals surface area contributed by atoms with Gasteiger partial charge in [-0.2, -0.15) is 15.4 Å². The number of ketones is 1. The van der Waals surface area contributed by atoms with Crippen LogP contribution in [0.4, 0.5) is 0 Å². The third-order valence-electron chi connectivity index (χ3n) is 2.43. The molecule has 0 aliphatic carbocycles. The summed E-state index contributed by atoms with van der Waals surface area (Å²) < 4.78 is 0. The molecule has 2 aromatic rings. The van der Waals surface area contributed by atoms with Gasteiger partial charge >= 0.3 is 0 Å². The Balaban J connectivity index is 2.30. The lowest BCUT2D eigenvalue weighted by molar-refractivity contribution is 0.103. The van der Waals surface area contributed by atoms with E-state index in [9.17, 15) is 4.79 Å². The first kappa shape index (κ1) is 11.8. The Kier molecular flexibility index (Phi) is 3.54. The average Bonchev–Trinajstić information content (AvgIpc) is 2.78. The minimum absolute atomic E-state index is 0.126. The highest BCUT2D eigenvalue weighted by molar-refractivity contribution is 6.30. The Hall–Kier alpha value is -1.68. The number of aromatic nitrogens is 3. The molecule has 0 saturated carbocycles. The van der Waals surface area contributed by atoms with E-state index in [4.69, 9.17) is 11.6 Å². The zero-order valence-electron chi connectivity index (χ0n) is 9.40. The minimum Gasteiger partial charge on any atom is -0.287 e. The van der Waals surface area contributed by atoms with Gasteiger partial charge in [-0.25, -0.2) is 0 Å². The van der Waals surface area contributed by atoms with Crippen LogP contribution in [0.2, 0.25) is 5.02 Å². The number of hydrogen-bond donors (Lipinski definition) is 1. The summed E-state index contributed by atoms with van der Waals surface area (Å²) in [4.78, 5) is 12.1. The number of benzene rings is 1. The number of halogens is 1. The Morgan fingerprint density at radius 2 is 2.00 bits per heavy atom. The maximum Gasteiger partial charge on any atom is 0.215 e. The van der Waals surface area contributed by atoms with Crippen molar-refractivity contribution < 1.29 is 4.79 Å². The lowest BCUT2D eigenvalue weighted by Gasteiger charge is -1.99. The molecular weight excluding hydrogens is 238 g/mol. The molecule has 88 valence electrons. The van der Waals surface area contributed by atoms with Crippen molar-refractivity contribution in [1.82, 2.24) is 15.4 Å². The molecule has 5 heteroatoms. The molecule has 1 heterocycles. The van der Waals surface area contributed by atoms with Crippen molar-refractivity contribution in [3.05, 3.63) is 46.2 Å². The van der Waals surface area contributed by atoms with E-state index in [0.717, 1.165) is 12.8 Å². The van der Waals surface area contributed by atoms with Crippen LogP contribution in [0.15, 0.2) is 24.3 Å². The molecular formula is C12H12ClN3O. The summed E-state index contributed by atoms with van der Waals surface area (Å²) in [6, 6.07) is 6.76. The van der Waals surface area contributed by atoms with Gasteiger partial charge in [0.15, 0.2) is 5.69 Å². The largest absolute Gasteiger partial charge is 0.287 e. The van der Waals surface area contributed by atoms with Gasteiger partial charge in [0.25, 0.3) is 0 Å². The Labute approximate surface area is 104 Å². The summed E-state index contributed by atoms with van der Waals surface area (Å²) in [7, 11) is 0. The highest BCUT2D eigenvalue weighted by atomic mass is 35.5. The lowest BCUT2D eigenvalue weighted by atomic mass is 10.1. The fourth-order valence-corrected chi connectivity index (χ4v) is 1.71. The Morgan fingerprint density at radius 1 is 1.29 bits per heavy atom. The van der Waals surface area contributed by atoms with E-state index in [-0.39, 0.29) is 5.78 Å². The van der Waals surface area contributed by atoms with Gasteiger partial charge < -0.3 is 0 Å². The van der Waals surface area contributed by atoms with Gasteiger partial charge in [0.05, 0.1) is 5.69 Å². The normalized spacial score (nSPS) is 10.5. The van der Waals surface area contributed by atoms with Crippen molar-refractivity contribution in [3.63, 3.8) is 0 Å². The number of aryl methyl sites for hydroxylation is 1. The van der Waals surface area contributed by atoms with Gasteiger partial charge in [-0.3, -0.25) is 4.79 Å². The number of hydrogen-bond acceptors (Lipinski definition) is 3. The summed E-state index contributed by atoms with van der Waals surface area (Å²) in [6.07, 6.45) is 1.67. The van der Waals surface area contributed by atoms with Crippen LogP contribution < -0.4 is 0 Å². The molecule has 0 unspecified atom stereocenters. The van der Waals surface area contributed by atoms with Crippen LogP contribution in [0, 0.1) is 0 Å². The molecule has 2 rings (SSSR count). The molecule has 0 aliphatic rings. The van der Waals surface area contributed by atoms with E-state index in [2.05, 4.69) is 15.4 Å². The van der Waals surface area contributed by atoms with E-state index in [1.165, 1.54) is 0 Å². The predicted molar refractivity (Wildman–Crippen MR) is 65.3 cm³/mol. The van der Waals surface area contributed by atoms with Crippen molar-refractivity contribution in [3.8, 4) is 0 Å². The molecule has 0 atom stereocenters. The third-order valence-corrected chi connectivity index (χ3v) is 2.68. The maximum atomic E-state index is 12.1. The zero-order valence-corrected chi connectivity index (χ0v) is 10.2. The van der Waals surface area contributed by atoms with E-state index in [1.54, 1.807) is 24.3 Å². The molecule has 1 aromatic heterocycles. The molecule has 0 fully saturated rings. The molecule has 4 nitrogen and oxygen atoms in total. The van der Waals surface area contributed by atoms with Crippen molar-refractivity contribution >= 4 is 17.4 Å². The van der Waals surface area contributed by atoms with Crippen LogP contribution in [-0.2, 0) is 6.42 Å². The van der Waals surface area contributed by atoms with Gasteiger partial charge in [0.2, 0.25) is 5.78 Å². The molecule has 0 amide bonds. The number of carbonyl (C=O) groups excluding carboxylic acids is 1. The standard InChI is InChI=1S/C12H12ClN3O/c1-2-3-10-11(15-16-14-10)12(17)8-4-6-9(13)7-5-8/h4-7H,2-3H2,1H3,(H,14,15,16). The molecule has 0 aliphatic heterocycles. The van der Waals surface area contributed by atoms with E-state index < -0.39 is 0 Å². The molecule has 1 N–H and O–H groups in total. The van der Waals surface area contributed by atoms with Crippen LogP contribution in [0.25, 0.3) is 0 Å². The average molecular weight is 250 g/mol. The second-order valence-electron chi connectivity index (χ2n) is 3.70. The van der Waals surface area contributed by atoms with Crippen LogP contribution >= 0.6 is 11.6 Å². The number of nitrogens with one attached hydrogen (secondary N) is 1. The zero-order chi connectivity index (χ0) is 12.3.